The van der Waals surface area contributed by atoms with E-state index in [-0.39, 0.29) is 12.8 Å². The number of halogens is 4. The van der Waals surface area contributed by atoms with Crippen LogP contribution in [0.15, 0.2) is 12.1 Å². The molecule has 0 aliphatic heterocycles. The van der Waals surface area contributed by atoms with E-state index < -0.39 is 47.2 Å². The van der Waals surface area contributed by atoms with Crippen LogP contribution in [0, 0.1) is 11.6 Å². The van der Waals surface area contributed by atoms with Gasteiger partial charge >= 0.3 is 18.6 Å². The number of urea groups is 1. The number of nitrogens with one attached hydrogen (secondary N) is 2. The molecule has 0 aromatic heterocycles. The monoisotopic (exact) mass is 352 g/mol. The number of benzene rings is 1. The number of anilines is 1. The van der Waals surface area contributed by atoms with Gasteiger partial charge in [-0.2, -0.15) is 8.78 Å². The molecule has 0 aliphatic carbocycles. The molecule has 0 saturated carbocycles. The van der Waals surface area contributed by atoms with Crippen LogP contribution in [0.25, 0.3) is 0 Å². The zero-order valence-electron chi connectivity index (χ0n) is 12.8. The summed E-state index contributed by atoms with van der Waals surface area (Å²) >= 11 is 0. The van der Waals surface area contributed by atoms with Crippen LogP contribution in [0.2, 0.25) is 0 Å². The summed E-state index contributed by atoms with van der Waals surface area (Å²) in [4.78, 5) is 22.3. The second-order valence-corrected chi connectivity index (χ2v) is 5.50. The zero-order valence-corrected chi connectivity index (χ0v) is 12.8. The Morgan fingerprint density at radius 2 is 1.88 bits per heavy atom. The van der Waals surface area contributed by atoms with E-state index in [1.807, 2.05) is 5.32 Å². The number of carboxylic acids is 1. The summed E-state index contributed by atoms with van der Waals surface area (Å²) in [7, 11) is 0. The standard InChI is InChI=1S/C14H16F4N2O4/c1-14(2,4-3-11(21)22)20-13(23)19-9-5-8(16)10(6-7(9)15)24-12(17)18/h5-6,12H,3-4H2,1-2H3,(H,21,22)(H2,19,20,23). The molecule has 3 N–H and O–H groups in total. The van der Waals surface area contributed by atoms with Gasteiger partial charge in [0.25, 0.3) is 0 Å². The summed E-state index contributed by atoms with van der Waals surface area (Å²) in [6.07, 6.45) is -0.0936. The maximum absolute atomic E-state index is 13.7. The Kier molecular flexibility index (Phi) is 6.38. The largest absolute Gasteiger partial charge is 0.481 e. The van der Waals surface area contributed by atoms with E-state index in [1.54, 1.807) is 13.8 Å². The molecule has 0 unspecified atom stereocenters. The van der Waals surface area contributed by atoms with Crippen molar-refractivity contribution in [2.24, 2.45) is 0 Å². The predicted octanol–water partition coefficient (Wildman–Crippen LogP) is 3.33. The van der Waals surface area contributed by atoms with E-state index in [0.29, 0.717) is 12.1 Å². The number of carbonyl (C=O) groups is 2. The summed E-state index contributed by atoms with van der Waals surface area (Å²) in [6.45, 7) is -0.228. The van der Waals surface area contributed by atoms with Gasteiger partial charge in [0, 0.05) is 24.1 Å². The van der Waals surface area contributed by atoms with Crippen LogP contribution >= 0.6 is 0 Å². The topological polar surface area (TPSA) is 87.7 Å². The molecule has 0 spiro atoms. The number of ether oxygens (including phenoxy) is 1. The van der Waals surface area contributed by atoms with Crippen LogP contribution in [0.1, 0.15) is 26.7 Å². The Bertz CT molecular complexity index is 623. The number of aliphatic carboxylic acids is 1. The normalized spacial score (nSPS) is 11.3. The Morgan fingerprint density at radius 1 is 1.25 bits per heavy atom. The van der Waals surface area contributed by atoms with Gasteiger partial charge in [-0.3, -0.25) is 4.79 Å². The molecule has 0 fully saturated rings. The molecule has 0 heterocycles. The molecule has 1 aromatic carbocycles. The maximum atomic E-state index is 13.7. The Morgan fingerprint density at radius 3 is 2.42 bits per heavy atom. The van der Waals surface area contributed by atoms with Gasteiger partial charge in [0.05, 0.1) is 5.69 Å². The third-order valence-electron chi connectivity index (χ3n) is 2.90. The molecule has 0 radical (unpaired) electrons. The van der Waals surface area contributed by atoms with Gasteiger partial charge in [-0.25, -0.2) is 13.6 Å². The summed E-state index contributed by atoms with van der Waals surface area (Å²) in [5.74, 6) is -4.49. The molecular formula is C14H16F4N2O4. The molecule has 0 atom stereocenters. The molecule has 134 valence electrons. The number of rotatable bonds is 7. The lowest BCUT2D eigenvalue weighted by molar-refractivity contribution is -0.137. The van der Waals surface area contributed by atoms with Crippen LogP contribution in [-0.2, 0) is 4.79 Å². The molecule has 1 aromatic rings. The lowest BCUT2D eigenvalue weighted by Gasteiger charge is -2.25. The lowest BCUT2D eigenvalue weighted by Crippen LogP contribution is -2.45. The molecule has 24 heavy (non-hydrogen) atoms. The smallest absolute Gasteiger partial charge is 0.387 e. The van der Waals surface area contributed by atoms with Gasteiger partial charge in [-0.15, -0.1) is 0 Å². The molecule has 0 saturated heterocycles. The van der Waals surface area contributed by atoms with Crippen molar-refractivity contribution in [3.8, 4) is 5.75 Å². The number of carbonyl (C=O) groups excluding carboxylic acids is 1. The van der Waals surface area contributed by atoms with Gasteiger partial charge in [0.2, 0.25) is 0 Å². The Hall–Kier alpha value is -2.52. The SMILES string of the molecule is CC(C)(CCC(=O)O)NC(=O)Nc1cc(F)c(OC(F)F)cc1F. The van der Waals surface area contributed by atoms with Crippen molar-refractivity contribution in [1.82, 2.24) is 5.32 Å². The summed E-state index contributed by atoms with van der Waals surface area (Å²) < 4.78 is 55.1. The average Bonchev–Trinajstić information content (AvgIpc) is 2.41. The van der Waals surface area contributed by atoms with Gasteiger partial charge < -0.3 is 20.5 Å². The highest BCUT2D eigenvalue weighted by Crippen LogP contribution is 2.26. The van der Waals surface area contributed by atoms with Crippen molar-refractivity contribution in [2.45, 2.75) is 38.8 Å². The first-order valence-corrected chi connectivity index (χ1v) is 6.75. The van der Waals surface area contributed by atoms with E-state index in [2.05, 4.69) is 10.1 Å². The van der Waals surface area contributed by atoms with Gasteiger partial charge in [-0.05, 0) is 20.3 Å². The van der Waals surface area contributed by atoms with Crippen molar-refractivity contribution in [2.75, 3.05) is 5.32 Å². The fourth-order valence-electron chi connectivity index (χ4n) is 1.75. The number of alkyl halides is 2. The van der Waals surface area contributed by atoms with Crippen molar-refractivity contribution in [1.29, 1.82) is 0 Å². The maximum Gasteiger partial charge on any atom is 0.387 e. The Balaban J connectivity index is 2.76. The van der Waals surface area contributed by atoms with Crippen molar-refractivity contribution < 1.29 is 37.0 Å². The summed E-state index contributed by atoms with van der Waals surface area (Å²) in [6, 6.07) is -0.0324. The average molecular weight is 352 g/mol. The van der Waals surface area contributed by atoms with E-state index in [1.165, 1.54) is 0 Å². The van der Waals surface area contributed by atoms with Crippen molar-refractivity contribution in [3.63, 3.8) is 0 Å². The molecule has 2 amide bonds. The van der Waals surface area contributed by atoms with Crippen LogP contribution in [0.3, 0.4) is 0 Å². The first kappa shape index (κ1) is 19.5. The fraction of sp³-hybridized carbons (Fsp3) is 0.429. The number of amides is 2. The number of hydrogen-bond donors (Lipinski definition) is 3. The van der Waals surface area contributed by atoms with E-state index in [0.717, 1.165) is 0 Å². The van der Waals surface area contributed by atoms with Crippen LogP contribution in [0.4, 0.5) is 28.0 Å². The first-order valence-electron chi connectivity index (χ1n) is 6.75. The minimum Gasteiger partial charge on any atom is -0.481 e. The molecule has 0 aliphatic rings. The van der Waals surface area contributed by atoms with E-state index >= 15 is 0 Å². The molecule has 10 heteroatoms. The molecule has 6 nitrogen and oxygen atoms in total. The molecule has 1 rings (SSSR count). The quantitative estimate of drug-likeness (QED) is 0.657. The zero-order chi connectivity index (χ0) is 18.5. The minimum atomic E-state index is -3.32. The third-order valence-corrected chi connectivity index (χ3v) is 2.90. The highest BCUT2D eigenvalue weighted by atomic mass is 19.3. The van der Waals surface area contributed by atoms with Gasteiger partial charge in [0.15, 0.2) is 17.4 Å². The minimum absolute atomic E-state index is 0.105. The number of hydrogen-bond acceptors (Lipinski definition) is 3. The second kappa shape index (κ2) is 7.84. The van der Waals surface area contributed by atoms with E-state index in [4.69, 9.17) is 5.11 Å². The van der Waals surface area contributed by atoms with E-state index in [9.17, 15) is 27.2 Å². The van der Waals surface area contributed by atoms with Gasteiger partial charge in [0.1, 0.15) is 0 Å². The molecular weight excluding hydrogens is 336 g/mol. The number of carboxylic acid groups (broad SMARTS) is 1. The van der Waals surface area contributed by atoms with Crippen LogP contribution < -0.4 is 15.4 Å². The summed E-state index contributed by atoms with van der Waals surface area (Å²) in [5, 5.41) is 13.0. The lowest BCUT2D eigenvalue weighted by atomic mass is 9.99. The predicted molar refractivity (Wildman–Crippen MR) is 76.1 cm³/mol. The summed E-state index contributed by atoms with van der Waals surface area (Å²) in [5.41, 5.74) is -1.50. The van der Waals surface area contributed by atoms with Crippen molar-refractivity contribution in [3.05, 3.63) is 23.8 Å². The first-order chi connectivity index (χ1) is 11.0. The van der Waals surface area contributed by atoms with Gasteiger partial charge in [-0.1, -0.05) is 0 Å². The highest BCUT2D eigenvalue weighted by molar-refractivity contribution is 5.90. The molecule has 0 bridgehead atoms. The van der Waals surface area contributed by atoms with Crippen LogP contribution in [-0.4, -0.2) is 29.3 Å². The fourth-order valence-corrected chi connectivity index (χ4v) is 1.75. The second-order valence-electron chi connectivity index (χ2n) is 5.50. The van der Waals surface area contributed by atoms with Crippen LogP contribution in [0.5, 0.6) is 5.75 Å². The highest BCUT2D eigenvalue weighted by Gasteiger charge is 2.23. The van der Waals surface area contributed by atoms with Crippen molar-refractivity contribution >= 4 is 17.7 Å². The third kappa shape index (κ3) is 6.31. The Labute approximate surface area is 134 Å².